The Balaban J connectivity index is 1.75. The van der Waals surface area contributed by atoms with Crippen molar-refractivity contribution < 1.29 is 14.6 Å². The van der Waals surface area contributed by atoms with Gasteiger partial charge in [-0.15, -0.1) is 0 Å². The first-order chi connectivity index (χ1) is 11.1. The third kappa shape index (κ3) is 3.79. The van der Waals surface area contributed by atoms with E-state index in [1.54, 1.807) is 24.3 Å². The number of amides is 1. The SMILES string of the molecule is O=C(N[C@H]1CCC[C@H]1O)C1(Oc2ccc(Cl)cc2)CCNCC1. The maximum absolute atomic E-state index is 12.9. The van der Waals surface area contributed by atoms with Crippen LogP contribution >= 0.6 is 11.6 Å². The number of halogens is 1. The van der Waals surface area contributed by atoms with Crippen molar-refractivity contribution in [3.8, 4) is 5.75 Å². The van der Waals surface area contributed by atoms with E-state index in [2.05, 4.69) is 10.6 Å². The summed E-state index contributed by atoms with van der Waals surface area (Å²) in [5.74, 6) is 0.512. The van der Waals surface area contributed by atoms with Gasteiger partial charge >= 0.3 is 0 Å². The van der Waals surface area contributed by atoms with Crippen LogP contribution in [0.15, 0.2) is 24.3 Å². The summed E-state index contributed by atoms with van der Waals surface area (Å²) in [5.41, 5.74) is -0.888. The zero-order valence-electron chi connectivity index (χ0n) is 13.1. The van der Waals surface area contributed by atoms with Crippen LogP contribution in [-0.2, 0) is 4.79 Å². The summed E-state index contributed by atoms with van der Waals surface area (Å²) in [7, 11) is 0. The first kappa shape index (κ1) is 16.6. The average molecular weight is 339 g/mol. The molecule has 1 saturated heterocycles. The molecular weight excluding hydrogens is 316 g/mol. The van der Waals surface area contributed by atoms with Crippen molar-refractivity contribution in [3.05, 3.63) is 29.3 Å². The second kappa shape index (κ2) is 7.07. The minimum Gasteiger partial charge on any atom is -0.477 e. The molecule has 1 aliphatic carbocycles. The molecule has 1 heterocycles. The van der Waals surface area contributed by atoms with Gasteiger partial charge in [0.2, 0.25) is 0 Å². The second-order valence-corrected chi connectivity index (χ2v) is 6.81. The summed E-state index contributed by atoms with van der Waals surface area (Å²) >= 11 is 5.91. The molecule has 3 rings (SSSR count). The first-order valence-corrected chi connectivity index (χ1v) is 8.61. The zero-order valence-corrected chi connectivity index (χ0v) is 13.8. The minimum absolute atomic E-state index is 0.125. The summed E-state index contributed by atoms with van der Waals surface area (Å²) in [6.45, 7) is 1.46. The molecule has 1 aromatic carbocycles. The van der Waals surface area contributed by atoms with E-state index in [0.717, 1.165) is 32.4 Å². The maximum Gasteiger partial charge on any atom is 0.264 e. The number of carbonyl (C=O) groups is 1. The zero-order chi connectivity index (χ0) is 16.3. The van der Waals surface area contributed by atoms with Crippen molar-refractivity contribution in [2.24, 2.45) is 0 Å². The molecule has 0 aromatic heterocycles. The molecule has 2 atom stereocenters. The number of rotatable bonds is 4. The van der Waals surface area contributed by atoms with E-state index in [-0.39, 0.29) is 11.9 Å². The third-order valence-electron chi connectivity index (χ3n) is 4.75. The Hall–Kier alpha value is -1.30. The van der Waals surface area contributed by atoms with Gasteiger partial charge in [0.25, 0.3) is 5.91 Å². The number of benzene rings is 1. The van der Waals surface area contributed by atoms with Gasteiger partial charge in [-0.05, 0) is 56.6 Å². The minimum atomic E-state index is -0.888. The number of aliphatic hydroxyl groups excluding tert-OH is 1. The smallest absolute Gasteiger partial charge is 0.264 e. The van der Waals surface area contributed by atoms with Gasteiger partial charge < -0.3 is 20.5 Å². The molecule has 6 heteroatoms. The van der Waals surface area contributed by atoms with Crippen LogP contribution in [-0.4, -0.2) is 41.9 Å². The Bertz CT molecular complexity index is 543. The second-order valence-electron chi connectivity index (χ2n) is 6.38. The van der Waals surface area contributed by atoms with Gasteiger partial charge in [0, 0.05) is 17.9 Å². The van der Waals surface area contributed by atoms with Crippen LogP contribution in [0.25, 0.3) is 0 Å². The average Bonchev–Trinajstić information content (AvgIpc) is 2.96. The van der Waals surface area contributed by atoms with Crippen molar-refractivity contribution >= 4 is 17.5 Å². The molecule has 1 saturated carbocycles. The lowest BCUT2D eigenvalue weighted by Gasteiger charge is -2.37. The Morgan fingerprint density at radius 2 is 1.96 bits per heavy atom. The van der Waals surface area contributed by atoms with Crippen molar-refractivity contribution in [2.45, 2.75) is 49.9 Å². The Kier molecular flexibility index (Phi) is 5.09. The van der Waals surface area contributed by atoms with Crippen molar-refractivity contribution in [2.75, 3.05) is 13.1 Å². The molecule has 3 N–H and O–H groups in total. The first-order valence-electron chi connectivity index (χ1n) is 8.23. The molecule has 0 radical (unpaired) electrons. The van der Waals surface area contributed by atoms with Gasteiger partial charge in [0.05, 0.1) is 12.1 Å². The van der Waals surface area contributed by atoms with Crippen molar-refractivity contribution in [1.82, 2.24) is 10.6 Å². The molecule has 5 nitrogen and oxygen atoms in total. The van der Waals surface area contributed by atoms with Gasteiger partial charge in [0.1, 0.15) is 5.75 Å². The Labute approximate surface area is 141 Å². The lowest BCUT2D eigenvalue weighted by Crippen LogP contribution is -2.59. The third-order valence-corrected chi connectivity index (χ3v) is 5.00. The lowest BCUT2D eigenvalue weighted by atomic mass is 9.90. The summed E-state index contributed by atoms with van der Waals surface area (Å²) in [5, 5.41) is 16.9. The van der Waals surface area contributed by atoms with Crippen LogP contribution in [0.5, 0.6) is 5.75 Å². The molecule has 0 spiro atoms. The molecule has 2 aliphatic rings. The highest BCUT2D eigenvalue weighted by atomic mass is 35.5. The predicted molar refractivity (Wildman–Crippen MR) is 88.7 cm³/mol. The standard InChI is InChI=1S/C17H23ClN2O3/c18-12-4-6-13(7-5-12)23-17(8-10-19-11-9-17)16(22)20-14-2-1-3-15(14)21/h4-7,14-15,19,21H,1-3,8-11H2,(H,20,22)/t14-,15+/m0/s1. The summed E-state index contributed by atoms with van der Waals surface area (Å²) in [6.07, 6.45) is 3.26. The van der Waals surface area contributed by atoms with Crippen LogP contribution < -0.4 is 15.4 Å². The van der Waals surface area contributed by atoms with Gasteiger partial charge in [-0.1, -0.05) is 11.6 Å². The molecule has 2 fully saturated rings. The summed E-state index contributed by atoms with van der Waals surface area (Å²) in [4.78, 5) is 12.9. The predicted octanol–water partition coefficient (Wildman–Crippen LogP) is 1.87. The molecule has 23 heavy (non-hydrogen) atoms. The quantitative estimate of drug-likeness (QED) is 0.784. The number of ether oxygens (including phenoxy) is 1. The van der Waals surface area contributed by atoms with E-state index < -0.39 is 11.7 Å². The fraction of sp³-hybridized carbons (Fsp3) is 0.588. The highest BCUT2D eigenvalue weighted by Crippen LogP contribution is 2.29. The van der Waals surface area contributed by atoms with E-state index >= 15 is 0 Å². The monoisotopic (exact) mass is 338 g/mol. The van der Waals surface area contributed by atoms with E-state index in [4.69, 9.17) is 16.3 Å². The number of piperidine rings is 1. The number of aliphatic hydroxyl groups is 1. The molecule has 0 unspecified atom stereocenters. The van der Waals surface area contributed by atoms with Crippen LogP contribution in [0.1, 0.15) is 32.1 Å². The molecule has 1 amide bonds. The van der Waals surface area contributed by atoms with E-state index in [0.29, 0.717) is 23.6 Å². The highest BCUT2D eigenvalue weighted by Gasteiger charge is 2.43. The number of carbonyl (C=O) groups excluding carboxylic acids is 1. The van der Waals surface area contributed by atoms with E-state index in [1.165, 1.54) is 0 Å². The van der Waals surface area contributed by atoms with Crippen molar-refractivity contribution in [1.29, 1.82) is 0 Å². The van der Waals surface area contributed by atoms with E-state index in [9.17, 15) is 9.90 Å². The van der Waals surface area contributed by atoms with Crippen LogP contribution in [0.2, 0.25) is 5.02 Å². The Morgan fingerprint density at radius 3 is 2.57 bits per heavy atom. The van der Waals surface area contributed by atoms with Gasteiger partial charge in [-0.2, -0.15) is 0 Å². The number of hydrogen-bond acceptors (Lipinski definition) is 4. The Morgan fingerprint density at radius 1 is 1.26 bits per heavy atom. The summed E-state index contributed by atoms with van der Waals surface area (Å²) < 4.78 is 6.11. The molecule has 0 bridgehead atoms. The van der Waals surface area contributed by atoms with Crippen LogP contribution in [0, 0.1) is 0 Å². The topological polar surface area (TPSA) is 70.6 Å². The fourth-order valence-electron chi connectivity index (χ4n) is 3.34. The molecular formula is C17H23ClN2O3. The fourth-order valence-corrected chi connectivity index (χ4v) is 3.47. The van der Waals surface area contributed by atoms with Crippen molar-refractivity contribution in [3.63, 3.8) is 0 Å². The summed E-state index contributed by atoms with van der Waals surface area (Å²) in [6, 6.07) is 6.91. The van der Waals surface area contributed by atoms with Crippen LogP contribution in [0.3, 0.4) is 0 Å². The molecule has 126 valence electrons. The number of hydrogen-bond donors (Lipinski definition) is 3. The maximum atomic E-state index is 12.9. The van der Waals surface area contributed by atoms with Crippen LogP contribution in [0.4, 0.5) is 0 Å². The van der Waals surface area contributed by atoms with Gasteiger partial charge in [0.15, 0.2) is 5.60 Å². The van der Waals surface area contributed by atoms with Gasteiger partial charge in [-0.3, -0.25) is 4.79 Å². The molecule has 1 aromatic rings. The lowest BCUT2D eigenvalue weighted by molar-refractivity contribution is -0.140. The highest BCUT2D eigenvalue weighted by molar-refractivity contribution is 6.30. The van der Waals surface area contributed by atoms with E-state index in [1.807, 2.05) is 0 Å². The number of nitrogens with one attached hydrogen (secondary N) is 2. The molecule has 1 aliphatic heterocycles. The van der Waals surface area contributed by atoms with Gasteiger partial charge in [-0.25, -0.2) is 0 Å². The normalized spacial score (nSPS) is 26.7. The largest absolute Gasteiger partial charge is 0.477 e.